The molecule has 26 heavy (non-hydrogen) atoms. The largest absolute Gasteiger partial charge is 0.491 e. The third-order valence-corrected chi connectivity index (χ3v) is 4.23. The van der Waals surface area contributed by atoms with Gasteiger partial charge in [-0.05, 0) is 55.0 Å². The van der Waals surface area contributed by atoms with Gasteiger partial charge in [0, 0.05) is 12.5 Å². The van der Waals surface area contributed by atoms with Crippen molar-refractivity contribution < 1.29 is 23.8 Å². The number of rotatable bonds is 8. The number of ether oxygens (including phenoxy) is 1. The first-order chi connectivity index (χ1) is 12.5. The summed E-state index contributed by atoms with van der Waals surface area (Å²) in [5.41, 5.74) is 1.54. The Labute approximate surface area is 150 Å². The third-order valence-electron chi connectivity index (χ3n) is 4.23. The Balaban J connectivity index is 1.56. The highest BCUT2D eigenvalue weighted by molar-refractivity contribution is 5.92. The predicted octanol–water partition coefficient (Wildman–Crippen LogP) is 3.88. The molecule has 0 aliphatic heterocycles. The van der Waals surface area contributed by atoms with Crippen LogP contribution in [0, 0.1) is 11.7 Å². The van der Waals surface area contributed by atoms with Crippen LogP contribution in [0.5, 0.6) is 5.75 Å². The first-order valence-corrected chi connectivity index (χ1v) is 8.55. The minimum Gasteiger partial charge on any atom is -0.491 e. The highest BCUT2D eigenvalue weighted by atomic mass is 19.1. The topological polar surface area (TPSA) is 75.6 Å². The quantitative estimate of drug-likeness (QED) is 0.752. The van der Waals surface area contributed by atoms with Crippen LogP contribution in [-0.2, 0) is 11.2 Å². The fraction of sp³-hybridized carbons (Fsp3) is 0.300. The molecule has 1 fully saturated rings. The van der Waals surface area contributed by atoms with E-state index in [1.807, 2.05) is 0 Å². The minimum atomic E-state index is -0.982. The Hall–Kier alpha value is -2.89. The minimum absolute atomic E-state index is 0.210. The molecule has 1 saturated carbocycles. The second-order valence-corrected chi connectivity index (χ2v) is 6.45. The summed E-state index contributed by atoms with van der Waals surface area (Å²) in [5.74, 6) is -0.738. The number of carboxylic acid groups (broad SMARTS) is 1. The number of halogens is 1. The lowest BCUT2D eigenvalue weighted by atomic mass is 10.1. The van der Waals surface area contributed by atoms with Gasteiger partial charge in [-0.2, -0.15) is 0 Å². The molecule has 0 radical (unpaired) electrons. The van der Waals surface area contributed by atoms with Crippen molar-refractivity contribution >= 4 is 17.6 Å². The van der Waals surface area contributed by atoms with Crippen molar-refractivity contribution in [2.45, 2.75) is 25.7 Å². The molecule has 2 aromatic carbocycles. The number of aryl methyl sites for hydroxylation is 1. The summed E-state index contributed by atoms with van der Waals surface area (Å²) in [6.45, 7) is 0.530. The van der Waals surface area contributed by atoms with Crippen molar-refractivity contribution in [3.8, 4) is 5.75 Å². The van der Waals surface area contributed by atoms with Crippen LogP contribution in [0.25, 0.3) is 0 Å². The number of carbonyl (C=O) groups is 2. The van der Waals surface area contributed by atoms with E-state index in [1.165, 1.54) is 30.3 Å². The summed E-state index contributed by atoms with van der Waals surface area (Å²) in [7, 11) is 0. The number of anilines is 1. The molecule has 6 heteroatoms. The van der Waals surface area contributed by atoms with E-state index in [-0.39, 0.29) is 17.9 Å². The number of aromatic carboxylic acids is 1. The molecule has 0 aromatic heterocycles. The normalized spacial score (nSPS) is 13.3. The maximum Gasteiger partial charge on any atom is 0.335 e. The Morgan fingerprint density at radius 1 is 1.15 bits per heavy atom. The number of carboxylic acids is 1. The van der Waals surface area contributed by atoms with Crippen LogP contribution in [0.4, 0.5) is 10.1 Å². The molecule has 5 nitrogen and oxygen atoms in total. The zero-order valence-corrected chi connectivity index (χ0v) is 14.2. The van der Waals surface area contributed by atoms with Crippen LogP contribution in [0.1, 0.15) is 35.2 Å². The van der Waals surface area contributed by atoms with E-state index >= 15 is 0 Å². The van der Waals surface area contributed by atoms with Gasteiger partial charge in [0.05, 0.1) is 17.9 Å². The maximum absolute atomic E-state index is 13.4. The smallest absolute Gasteiger partial charge is 0.335 e. The molecule has 0 atom stereocenters. The zero-order valence-electron chi connectivity index (χ0n) is 14.2. The van der Waals surface area contributed by atoms with Gasteiger partial charge in [-0.15, -0.1) is 0 Å². The maximum atomic E-state index is 13.4. The highest BCUT2D eigenvalue weighted by Gasteiger charge is 2.22. The summed E-state index contributed by atoms with van der Waals surface area (Å²) in [4.78, 5) is 23.0. The van der Waals surface area contributed by atoms with Crippen LogP contribution >= 0.6 is 0 Å². The summed E-state index contributed by atoms with van der Waals surface area (Å²) in [6.07, 6.45) is 2.95. The third kappa shape index (κ3) is 5.05. The number of nitrogens with one attached hydrogen (secondary N) is 1. The molecular formula is C20H20FNO4. The van der Waals surface area contributed by atoms with E-state index in [9.17, 15) is 14.0 Å². The first kappa shape index (κ1) is 17.9. The van der Waals surface area contributed by atoms with Crippen molar-refractivity contribution in [3.63, 3.8) is 0 Å². The predicted molar refractivity (Wildman–Crippen MR) is 95.0 cm³/mol. The van der Waals surface area contributed by atoms with Crippen LogP contribution in [-0.4, -0.2) is 23.6 Å². The summed E-state index contributed by atoms with van der Waals surface area (Å²) < 4.78 is 19.1. The Morgan fingerprint density at radius 2 is 1.88 bits per heavy atom. The molecule has 0 saturated heterocycles. The lowest BCUT2D eigenvalue weighted by molar-refractivity contribution is -0.116. The number of carbonyl (C=O) groups excluding carboxylic acids is 1. The average Bonchev–Trinajstić information content (AvgIpc) is 3.45. The molecule has 1 aliphatic rings. The van der Waals surface area contributed by atoms with E-state index in [1.54, 1.807) is 12.1 Å². The van der Waals surface area contributed by atoms with Gasteiger partial charge >= 0.3 is 5.97 Å². The van der Waals surface area contributed by atoms with Gasteiger partial charge in [0.1, 0.15) is 11.6 Å². The second kappa shape index (κ2) is 7.99. The molecule has 2 aromatic rings. The standard InChI is InChI=1S/C20H20FNO4/c21-16-8-9-17(18(11-16)26-12-14-1-2-14)22-19(23)10-5-13-3-6-15(7-4-13)20(24)25/h3-4,6-9,11,14H,1-2,5,10,12H2,(H,22,23)(H,24,25). The monoisotopic (exact) mass is 357 g/mol. The number of hydrogen-bond acceptors (Lipinski definition) is 3. The van der Waals surface area contributed by atoms with Crippen LogP contribution in [0.2, 0.25) is 0 Å². The molecule has 1 amide bonds. The molecule has 3 rings (SSSR count). The lowest BCUT2D eigenvalue weighted by Crippen LogP contribution is -2.14. The van der Waals surface area contributed by atoms with Gasteiger partial charge in [-0.1, -0.05) is 12.1 Å². The van der Waals surface area contributed by atoms with Gasteiger partial charge in [0.2, 0.25) is 5.91 Å². The zero-order chi connectivity index (χ0) is 18.5. The average molecular weight is 357 g/mol. The van der Waals surface area contributed by atoms with Crippen molar-refractivity contribution in [2.24, 2.45) is 5.92 Å². The Morgan fingerprint density at radius 3 is 2.54 bits per heavy atom. The molecule has 2 N–H and O–H groups in total. The van der Waals surface area contributed by atoms with E-state index in [0.717, 1.165) is 18.4 Å². The first-order valence-electron chi connectivity index (χ1n) is 8.55. The highest BCUT2D eigenvalue weighted by Crippen LogP contribution is 2.32. The van der Waals surface area contributed by atoms with Crippen LogP contribution in [0.3, 0.4) is 0 Å². The van der Waals surface area contributed by atoms with E-state index in [4.69, 9.17) is 9.84 Å². The van der Waals surface area contributed by atoms with Gasteiger partial charge in [-0.3, -0.25) is 4.79 Å². The molecule has 136 valence electrons. The van der Waals surface area contributed by atoms with Crippen molar-refractivity contribution in [3.05, 3.63) is 59.4 Å². The van der Waals surface area contributed by atoms with E-state index < -0.39 is 11.8 Å². The van der Waals surface area contributed by atoms with E-state index in [2.05, 4.69) is 5.32 Å². The van der Waals surface area contributed by atoms with Gasteiger partial charge in [0.25, 0.3) is 0 Å². The molecule has 1 aliphatic carbocycles. The molecule has 0 unspecified atom stereocenters. The van der Waals surface area contributed by atoms with Crippen LogP contribution < -0.4 is 10.1 Å². The molecular weight excluding hydrogens is 337 g/mol. The lowest BCUT2D eigenvalue weighted by Gasteiger charge is -2.12. The summed E-state index contributed by atoms with van der Waals surface area (Å²) in [5, 5.41) is 11.6. The molecule has 0 bridgehead atoms. The van der Waals surface area contributed by atoms with Gasteiger partial charge in [0.15, 0.2) is 0 Å². The second-order valence-electron chi connectivity index (χ2n) is 6.45. The van der Waals surface area contributed by atoms with Gasteiger partial charge in [-0.25, -0.2) is 9.18 Å². The number of hydrogen-bond donors (Lipinski definition) is 2. The van der Waals surface area contributed by atoms with Crippen LogP contribution in [0.15, 0.2) is 42.5 Å². The Kier molecular flexibility index (Phi) is 5.51. The summed E-state index contributed by atoms with van der Waals surface area (Å²) in [6, 6.07) is 10.5. The number of amides is 1. The van der Waals surface area contributed by atoms with Crippen molar-refractivity contribution in [1.29, 1.82) is 0 Å². The Bertz CT molecular complexity index is 800. The van der Waals surface area contributed by atoms with Crippen molar-refractivity contribution in [2.75, 3.05) is 11.9 Å². The fourth-order valence-electron chi connectivity index (χ4n) is 2.50. The van der Waals surface area contributed by atoms with Gasteiger partial charge < -0.3 is 15.2 Å². The molecule has 0 spiro atoms. The van der Waals surface area contributed by atoms with E-state index in [0.29, 0.717) is 30.4 Å². The fourth-order valence-corrected chi connectivity index (χ4v) is 2.50. The molecule has 0 heterocycles. The van der Waals surface area contributed by atoms with Crippen molar-refractivity contribution in [1.82, 2.24) is 0 Å². The summed E-state index contributed by atoms with van der Waals surface area (Å²) >= 11 is 0. The number of benzene rings is 2. The SMILES string of the molecule is O=C(CCc1ccc(C(=O)O)cc1)Nc1ccc(F)cc1OCC1CC1.